The molecule has 0 spiro atoms. The number of hydrogen-bond acceptors (Lipinski definition) is 5. The quantitative estimate of drug-likeness (QED) is 0.839. The third-order valence-corrected chi connectivity index (χ3v) is 2.77. The van der Waals surface area contributed by atoms with Crippen LogP contribution >= 0.6 is 0 Å². The Balaban J connectivity index is 2.59. The fourth-order valence-corrected chi connectivity index (χ4v) is 1.60. The van der Waals surface area contributed by atoms with Crippen LogP contribution in [0.1, 0.15) is 18.8 Å². The van der Waals surface area contributed by atoms with Crippen molar-refractivity contribution in [2.75, 3.05) is 19.9 Å². The van der Waals surface area contributed by atoms with Gasteiger partial charge in [-0.1, -0.05) is 0 Å². The van der Waals surface area contributed by atoms with Crippen molar-refractivity contribution < 1.29 is 4.74 Å². The van der Waals surface area contributed by atoms with Gasteiger partial charge in [-0.3, -0.25) is 0 Å². The molecule has 0 bridgehead atoms. The van der Waals surface area contributed by atoms with E-state index in [0.29, 0.717) is 11.6 Å². The minimum absolute atomic E-state index is 0.0730. The minimum Gasteiger partial charge on any atom is -0.497 e. The van der Waals surface area contributed by atoms with Gasteiger partial charge in [-0.2, -0.15) is 0 Å². The Morgan fingerprint density at radius 1 is 1.35 bits per heavy atom. The Labute approximate surface area is 100 Å². The molecule has 1 aromatic carbocycles. The van der Waals surface area contributed by atoms with Gasteiger partial charge in [0.05, 0.1) is 18.7 Å². The van der Waals surface area contributed by atoms with E-state index in [1.54, 1.807) is 7.11 Å². The Morgan fingerprint density at radius 2 is 2.12 bits per heavy atom. The summed E-state index contributed by atoms with van der Waals surface area (Å²) in [5.41, 5.74) is 6.77. The zero-order chi connectivity index (χ0) is 12.4. The molecule has 2 rings (SSSR count). The molecular weight excluding hydrogens is 216 g/mol. The predicted molar refractivity (Wildman–Crippen MR) is 68.0 cm³/mol. The molecule has 0 aliphatic heterocycles. The summed E-state index contributed by atoms with van der Waals surface area (Å²) in [7, 11) is 3.48. The maximum absolute atomic E-state index is 5.94. The average molecular weight is 232 g/mol. The summed E-state index contributed by atoms with van der Waals surface area (Å²) >= 11 is 0. The van der Waals surface area contributed by atoms with E-state index in [-0.39, 0.29) is 6.04 Å². The van der Waals surface area contributed by atoms with Crippen LogP contribution in [0.4, 0.5) is 5.82 Å². The third kappa shape index (κ3) is 2.14. The molecule has 1 unspecified atom stereocenters. The summed E-state index contributed by atoms with van der Waals surface area (Å²) in [6.07, 6.45) is 0. The lowest BCUT2D eigenvalue weighted by Crippen LogP contribution is -2.16. The lowest BCUT2D eigenvalue weighted by Gasteiger charge is -2.11. The zero-order valence-corrected chi connectivity index (χ0v) is 10.2. The van der Waals surface area contributed by atoms with Crippen LogP contribution in [0.25, 0.3) is 10.9 Å². The molecule has 0 saturated heterocycles. The van der Waals surface area contributed by atoms with Gasteiger partial charge in [-0.15, -0.1) is 0 Å². The van der Waals surface area contributed by atoms with Crippen molar-refractivity contribution in [2.24, 2.45) is 0 Å². The van der Waals surface area contributed by atoms with Gasteiger partial charge >= 0.3 is 0 Å². The highest BCUT2D eigenvalue weighted by Gasteiger charge is 2.10. The van der Waals surface area contributed by atoms with Crippen LogP contribution in [0.15, 0.2) is 18.2 Å². The second-order valence-electron chi connectivity index (χ2n) is 3.86. The molecule has 3 N–H and O–H groups in total. The molecule has 2 aromatic rings. The van der Waals surface area contributed by atoms with Crippen molar-refractivity contribution in [2.45, 2.75) is 13.0 Å². The van der Waals surface area contributed by atoms with E-state index in [9.17, 15) is 0 Å². The summed E-state index contributed by atoms with van der Waals surface area (Å²) in [4.78, 5) is 8.77. The first kappa shape index (κ1) is 11.6. The van der Waals surface area contributed by atoms with Gasteiger partial charge in [-0.25, -0.2) is 9.97 Å². The third-order valence-electron chi connectivity index (χ3n) is 2.77. The smallest absolute Gasteiger partial charge is 0.148 e. The summed E-state index contributed by atoms with van der Waals surface area (Å²) in [6, 6.07) is 5.67. The molecule has 1 heterocycles. The van der Waals surface area contributed by atoms with E-state index < -0.39 is 0 Å². The second kappa shape index (κ2) is 4.55. The number of fused-ring (bicyclic) bond motifs is 1. The number of aromatic nitrogens is 2. The fraction of sp³-hybridized carbons (Fsp3) is 0.333. The van der Waals surface area contributed by atoms with Crippen LogP contribution in [-0.4, -0.2) is 24.1 Å². The van der Waals surface area contributed by atoms with Crippen molar-refractivity contribution in [1.82, 2.24) is 15.3 Å². The van der Waals surface area contributed by atoms with Crippen molar-refractivity contribution in [1.29, 1.82) is 0 Å². The Bertz CT molecular complexity index is 541. The molecule has 0 radical (unpaired) electrons. The monoisotopic (exact) mass is 232 g/mol. The van der Waals surface area contributed by atoms with Gasteiger partial charge in [0.1, 0.15) is 17.4 Å². The van der Waals surface area contributed by atoms with E-state index in [4.69, 9.17) is 10.5 Å². The molecule has 1 aromatic heterocycles. The number of benzene rings is 1. The summed E-state index contributed by atoms with van der Waals surface area (Å²) < 4.78 is 5.15. The van der Waals surface area contributed by atoms with Gasteiger partial charge in [0.25, 0.3) is 0 Å². The van der Waals surface area contributed by atoms with Gasteiger partial charge in [0.15, 0.2) is 0 Å². The van der Waals surface area contributed by atoms with Crippen LogP contribution in [0.5, 0.6) is 5.75 Å². The molecule has 0 fully saturated rings. The SMILES string of the molecule is CNC(C)c1nc(N)c2cc(OC)ccc2n1. The van der Waals surface area contributed by atoms with Crippen LogP contribution in [0.2, 0.25) is 0 Å². The Morgan fingerprint density at radius 3 is 2.76 bits per heavy atom. The lowest BCUT2D eigenvalue weighted by atomic mass is 10.2. The first-order valence-electron chi connectivity index (χ1n) is 5.44. The maximum Gasteiger partial charge on any atom is 0.148 e. The maximum atomic E-state index is 5.94. The normalized spacial score (nSPS) is 12.6. The number of methoxy groups -OCH3 is 1. The molecule has 0 aliphatic carbocycles. The summed E-state index contributed by atoms with van der Waals surface area (Å²) in [6.45, 7) is 1.99. The number of nitrogen functional groups attached to an aromatic ring is 1. The van der Waals surface area contributed by atoms with Gasteiger partial charge in [0, 0.05) is 5.39 Å². The first-order valence-corrected chi connectivity index (χ1v) is 5.44. The fourth-order valence-electron chi connectivity index (χ4n) is 1.60. The molecule has 5 nitrogen and oxygen atoms in total. The first-order chi connectivity index (χ1) is 8.15. The van der Waals surface area contributed by atoms with Crippen LogP contribution in [-0.2, 0) is 0 Å². The van der Waals surface area contributed by atoms with Crippen molar-refractivity contribution in [3.8, 4) is 5.75 Å². The number of ether oxygens (including phenoxy) is 1. The topological polar surface area (TPSA) is 73.1 Å². The molecule has 0 amide bonds. The van der Waals surface area contributed by atoms with Crippen molar-refractivity contribution in [3.05, 3.63) is 24.0 Å². The molecule has 90 valence electrons. The molecule has 1 atom stereocenters. The van der Waals surface area contributed by atoms with Crippen LogP contribution in [0.3, 0.4) is 0 Å². The zero-order valence-electron chi connectivity index (χ0n) is 10.2. The standard InChI is InChI=1S/C12H16N4O/c1-7(14-2)12-15-10-5-4-8(17-3)6-9(10)11(13)16-12/h4-7,14H,1-3H3,(H2,13,15,16). The molecule has 17 heavy (non-hydrogen) atoms. The molecule has 0 aliphatic rings. The van der Waals surface area contributed by atoms with E-state index in [1.165, 1.54) is 0 Å². The van der Waals surface area contributed by atoms with Crippen LogP contribution in [0, 0.1) is 0 Å². The Hall–Kier alpha value is -1.88. The number of anilines is 1. The highest BCUT2D eigenvalue weighted by atomic mass is 16.5. The van der Waals surface area contributed by atoms with Gasteiger partial charge in [0.2, 0.25) is 0 Å². The number of rotatable bonds is 3. The minimum atomic E-state index is 0.0730. The van der Waals surface area contributed by atoms with Gasteiger partial charge in [-0.05, 0) is 32.2 Å². The molecular formula is C12H16N4O. The van der Waals surface area contributed by atoms with Crippen molar-refractivity contribution >= 4 is 16.7 Å². The highest BCUT2D eigenvalue weighted by molar-refractivity contribution is 5.89. The number of hydrogen-bond donors (Lipinski definition) is 2. The Kier molecular flexibility index (Phi) is 3.10. The average Bonchev–Trinajstić information content (AvgIpc) is 2.37. The van der Waals surface area contributed by atoms with E-state index in [2.05, 4.69) is 15.3 Å². The lowest BCUT2D eigenvalue weighted by molar-refractivity contribution is 0.415. The molecule has 0 saturated carbocycles. The van der Waals surface area contributed by atoms with E-state index in [0.717, 1.165) is 16.7 Å². The largest absolute Gasteiger partial charge is 0.497 e. The van der Waals surface area contributed by atoms with Crippen molar-refractivity contribution in [3.63, 3.8) is 0 Å². The highest BCUT2D eigenvalue weighted by Crippen LogP contribution is 2.24. The summed E-state index contributed by atoms with van der Waals surface area (Å²) in [5.74, 6) is 1.93. The van der Waals surface area contributed by atoms with E-state index >= 15 is 0 Å². The van der Waals surface area contributed by atoms with Crippen LogP contribution < -0.4 is 15.8 Å². The predicted octanol–water partition coefficient (Wildman–Crippen LogP) is 1.50. The van der Waals surface area contributed by atoms with E-state index in [1.807, 2.05) is 32.2 Å². The molecule has 5 heteroatoms. The van der Waals surface area contributed by atoms with Gasteiger partial charge < -0.3 is 15.8 Å². The summed E-state index contributed by atoms with van der Waals surface area (Å²) in [5, 5.41) is 3.91. The number of nitrogens with zero attached hydrogens (tertiary/aromatic N) is 2. The second-order valence-corrected chi connectivity index (χ2v) is 3.86. The number of nitrogens with two attached hydrogens (primary N) is 1. The number of nitrogens with one attached hydrogen (secondary N) is 1.